The van der Waals surface area contributed by atoms with Gasteiger partial charge in [0.2, 0.25) is 12.3 Å². The van der Waals surface area contributed by atoms with Crippen LogP contribution in [0, 0.1) is 5.92 Å². The smallest absolute Gasteiger partial charge is 0.410 e. The van der Waals surface area contributed by atoms with Crippen LogP contribution in [0.3, 0.4) is 0 Å². The van der Waals surface area contributed by atoms with Crippen LogP contribution in [-0.4, -0.2) is 101 Å². The fraction of sp³-hybridized carbons (Fsp3) is 0.467. The molecule has 2 aliphatic heterocycles. The largest absolute Gasteiger partial charge is 0.444 e. The van der Waals surface area contributed by atoms with E-state index in [-0.39, 0.29) is 37.1 Å². The Morgan fingerprint density at radius 1 is 1.12 bits per heavy atom. The number of aliphatic hydroxyl groups excluding tert-OH is 1. The summed E-state index contributed by atoms with van der Waals surface area (Å²) in [7, 11) is 0. The van der Waals surface area contributed by atoms with Crippen LogP contribution in [0.4, 0.5) is 18.0 Å². The summed E-state index contributed by atoms with van der Waals surface area (Å²) in [6.07, 6.45) is -4.43. The number of carbonyl (C=O) groups is 2. The SMILES string of the molecule is C[C@@H]1C[C@H](C(=O)NC(CN2C(c3ccc(Cl)cc3)=NN(Cc3ncn(-c4ncccc4Cl)n3)C2O)C(F)(F)F)N(C(=O)OC(C)(C)C)C1. The monoisotopic (exact) mass is 711 g/mol. The Hall–Kier alpha value is -4.15. The molecule has 0 saturated carbocycles. The van der Waals surface area contributed by atoms with Crippen LogP contribution in [0.2, 0.25) is 10.0 Å². The summed E-state index contributed by atoms with van der Waals surface area (Å²) in [4.78, 5) is 36.8. The second-order valence-electron chi connectivity index (χ2n) is 12.5. The van der Waals surface area contributed by atoms with E-state index in [4.69, 9.17) is 27.9 Å². The molecule has 4 heterocycles. The van der Waals surface area contributed by atoms with Crippen LogP contribution >= 0.6 is 23.2 Å². The van der Waals surface area contributed by atoms with Gasteiger partial charge in [-0.3, -0.25) is 9.69 Å². The van der Waals surface area contributed by atoms with Gasteiger partial charge in [0.15, 0.2) is 17.5 Å². The molecular weight excluding hydrogens is 678 g/mol. The van der Waals surface area contributed by atoms with Crippen LogP contribution in [0.1, 0.15) is 45.5 Å². The van der Waals surface area contributed by atoms with Crippen molar-refractivity contribution in [3.63, 3.8) is 0 Å². The van der Waals surface area contributed by atoms with Gasteiger partial charge >= 0.3 is 12.3 Å². The van der Waals surface area contributed by atoms with Gasteiger partial charge < -0.3 is 20.1 Å². The van der Waals surface area contributed by atoms with Gasteiger partial charge in [-0.05, 0) is 69.5 Å². The van der Waals surface area contributed by atoms with E-state index in [0.29, 0.717) is 21.4 Å². The van der Waals surface area contributed by atoms with E-state index in [2.05, 4.69) is 25.5 Å². The van der Waals surface area contributed by atoms with Gasteiger partial charge in [0, 0.05) is 23.3 Å². The number of rotatable bonds is 8. The molecule has 5 rings (SSSR count). The number of aromatic nitrogens is 4. The van der Waals surface area contributed by atoms with Crippen molar-refractivity contribution in [1.29, 1.82) is 0 Å². The van der Waals surface area contributed by atoms with Gasteiger partial charge in [0.1, 0.15) is 30.6 Å². The first-order valence-corrected chi connectivity index (χ1v) is 15.7. The lowest BCUT2D eigenvalue weighted by Crippen LogP contribution is -2.58. The Bertz CT molecular complexity index is 1670. The zero-order chi connectivity index (χ0) is 35.0. The molecule has 0 spiro atoms. The fourth-order valence-electron chi connectivity index (χ4n) is 5.30. The van der Waals surface area contributed by atoms with Gasteiger partial charge in [0.25, 0.3) is 0 Å². The summed E-state index contributed by atoms with van der Waals surface area (Å²) >= 11 is 12.3. The van der Waals surface area contributed by atoms with Crippen molar-refractivity contribution in [3.05, 3.63) is 70.4 Å². The molecule has 48 heavy (non-hydrogen) atoms. The highest BCUT2D eigenvalue weighted by atomic mass is 35.5. The molecule has 2 aliphatic rings. The van der Waals surface area contributed by atoms with E-state index >= 15 is 0 Å². The first-order chi connectivity index (χ1) is 22.5. The van der Waals surface area contributed by atoms with Crippen molar-refractivity contribution in [1.82, 2.24) is 39.9 Å². The van der Waals surface area contributed by atoms with Crippen molar-refractivity contribution in [3.8, 4) is 5.82 Å². The van der Waals surface area contributed by atoms with Crippen molar-refractivity contribution < 1.29 is 32.6 Å². The Morgan fingerprint density at radius 3 is 2.48 bits per heavy atom. The number of alkyl halides is 3. The lowest BCUT2D eigenvalue weighted by molar-refractivity contribution is -0.170. The van der Waals surface area contributed by atoms with E-state index in [1.54, 1.807) is 52.0 Å². The van der Waals surface area contributed by atoms with E-state index in [1.165, 1.54) is 29.3 Å². The van der Waals surface area contributed by atoms with E-state index < -0.39 is 48.8 Å². The predicted octanol–water partition coefficient (Wildman–Crippen LogP) is 4.42. The first-order valence-electron chi connectivity index (χ1n) is 14.9. The third-order valence-corrected chi connectivity index (χ3v) is 8.02. The lowest BCUT2D eigenvalue weighted by atomic mass is 10.1. The van der Waals surface area contributed by atoms with Crippen LogP contribution in [-0.2, 0) is 16.1 Å². The summed E-state index contributed by atoms with van der Waals surface area (Å²) in [6, 6.07) is 5.77. The maximum absolute atomic E-state index is 14.6. The molecule has 13 nitrogen and oxygen atoms in total. The average Bonchev–Trinajstić information content (AvgIpc) is 3.70. The van der Waals surface area contributed by atoms with Gasteiger partial charge in [-0.2, -0.15) is 18.3 Å². The van der Waals surface area contributed by atoms with Gasteiger partial charge in [-0.25, -0.2) is 24.5 Å². The number of aliphatic hydroxyl groups is 1. The number of pyridine rings is 1. The number of nitrogens with zero attached hydrogens (tertiary/aromatic N) is 8. The average molecular weight is 713 g/mol. The number of hydrogen-bond donors (Lipinski definition) is 2. The second kappa shape index (κ2) is 13.8. The number of halogens is 5. The molecule has 2 unspecified atom stereocenters. The molecule has 0 aliphatic carbocycles. The van der Waals surface area contributed by atoms with E-state index in [9.17, 15) is 27.9 Å². The van der Waals surface area contributed by atoms with Gasteiger partial charge in [0.05, 0.1) is 11.6 Å². The Kier molecular flexibility index (Phi) is 10.1. The highest BCUT2D eigenvalue weighted by Gasteiger charge is 2.48. The number of amidine groups is 1. The third-order valence-electron chi connectivity index (χ3n) is 7.47. The summed E-state index contributed by atoms with van der Waals surface area (Å²) in [5.41, 5.74) is -0.514. The summed E-state index contributed by atoms with van der Waals surface area (Å²) < 4.78 is 50.5. The number of benzene rings is 1. The first kappa shape index (κ1) is 35.2. The molecule has 4 atom stereocenters. The molecule has 3 aromatic rings. The highest BCUT2D eigenvalue weighted by Crippen LogP contribution is 2.30. The number of likely N-dealkylation sites (tertiary alicyclic amines) is 1. The van der Waals surface area contributed by atoms with Crippen molar-refractivity contribution in [2.24, 2.45) is 11.0 Å². The Labute approximate surface area is 284 Å². The van der Waals surface area contributed by atoms with Crippen molar-refractivity contribution >= 4 is 41.0 Å². The molecule has 2 amide bonds. The number of amides is 2. The number of ether oxygens (including phenoxy) is 1. The van der Waals surface area contributed by atoms with Crippen molar-refractivity contribution in [2.45, 2.75) is 70.9 Å². The summed E-state index contributed by atoms with van der Waals surface area (Å²) in [5, 5.41) is 24.0. The molecule has 0 bridgehead atoms. The molecule has 1 aromatic carbocycles. The topological polar surface area (TPSA) is 141 Å². The number of hydrogen-bond acceptors (Lipinski definition) is 10. The van der Waals surface area contributed by atoms with Crippen LogP contribution in [0.15, 0.2) is 54.0 Å². The number of nitrogens with one attached hydrogen (secondary N) is 1. The number of carbonyl (C=O) groups excluding carboxylic acids is 2. The standard InChI is InChI=1S/C30H34Cl2F3N9O4/c1-17-12-21(41(13-17)28(47)48-29(2,3)4)26(45)38-22(30(33,34)35)14-42-24(18-7-9-19(31)10-8-18)40-43(27(42)46)15-23-37-16-44(39-23)25-20(32)6-5-11-36-25/h5-11,16-17,21-22,27,46H,12-15H2,1-4H3,(H,38,45)/t17-,21-,22?,27?/m1/s1. The molecule has 0 radical (unpaired) electrons. The quantitative estimate of drug-likeness (QED) is 0.348. The molecule has 1 saturated heterocycles. The van der Waals surface area contributed by atoms with Crippen LogP contribution < -0.4 is 5.32 Å². The Balaban J connectivity index is 1.38. The molecule has 1 fully saturated rings. The lowest BCUT2D eigenvalue weighted by Gasteiger charge is -2.33. The van der Waals surface area contributed by atoms with E-state index in [0.717, 1.165) is 14.8 Å². The maximum atomic E-state index is 14.6. The van der Waals surface area contributed by atoms with Crippen LogP contribution in [0.5, 0.6) is 0 Å². The summed E-state index contributed by atoms with van der Waals surface area (Å²) in [5.74, 6) is -0.695. The molecule has 258 valence electrons. The minimum atomic E-state index is -4.95. The normalized spacial score (nSPS) is 20.6. The zero-order valence-corrected chi connectivity index (χ0v) is 27.9. The molecule has 2 aromatic heterocycles. The maximum Gasteiger partial charge on any atom is 0.410 e. The van der Waals surface area contributed by atoms with Gasteiger partial charge in [-0.15, -0.1) is 5.10 Å². The zero-order valence-electron chi connectivity index (χ0n) is 26.4. The fourth-order valence-corrected chi connectivity index (χ4v) is 5.63. The highest BCUT2D eigenvalue weighted by molar-refractivity contribution is 6.32. The summed E-state index contributed by atoms with van der Waals surface area (Å²) in [6.45, 7) is 5.77. The van der Waals surface area contributed by atoms with Crippen LogP contribution in [0.25, 0.3) is 5.82 Å². The Morgan fingerprint density at radius 2 is 1.83 bits per heavy atom. The predicted molar refractivity (Wildman–Crippen MR) is 169 cm³/mol. The number of hydrazone groups is 1. The second-order valence-corrected chi connectivity index (χ2v) is 13.4. The minimum absolute atomic E-state index is 0.0141. The molecule has 18 heteroatoms. The third kappa shape index (κ3) is 8.10. The van der Waals surface area contributed by atoms with E-state index in [1.807, 2.05) is 0 Å². The minimum Gasteiger partial charge on any atom is -0.444 e. The molecule has 2 N–H and O–H groups in total. The van der Waals surface area contributed by atoms with Gasteiger partial charge in [-0.1, -0.05) is 30.1 Å². The van der Waals surface area contributed by atoms with Crippen molar-refractivity contribution in [2.75, 3.05) is 13.1 Å². The molecular formula is C30H34Cl2F3N9O4.